The first-order chi connectivity index (χ1) is 11.6. The summed E-state index contributed by atoms with van der Waals surface area (Å²) in [4.78, 5) is 0. The highest BCUT2D eigenvalue weighted by Gasteiger charge is 2.36. The van der Waals surface area contributed by atoms with E-state index in [4.69, 9.17) is 15.2 Å². The van der Waals surface area contributed by atoms with Crippen LogP contribution in [0.5, 0.6) is 11.6 Å². The van der Waals surface area contributed by atoms with Crippen LogP contribution in [0.1, 0.15) is 36.1 Å². The largest absolute Gasteiger partial charge is 0.497 e. The second-order valence-corrected chi connectivity index (χ2v) is 5.48. The number of aryl methyl sites for hydroxylation is 1. The third kappa shape index (κ3) is 2.46. The maximum Gasteiger partial charge on any atom is 0.244 e. The normalized spacial score (nSPS) is 16.3. The van der Waals surface area contributed by atoms with E-state index in [-0.39, 0.29) is 17.3 Å². The quantitative estimate of drug-likeness (QED) is 0.899. The molecular weight excluding hydrogens is 311 g/mol. The zero-order valence-electron chi connectivity index (χ0n) is 13.4. The van der Waals surface area contributed by atoms with Gasteiger partial charge in [0.1, 0.15) is 23.2 Å². The molecule has 0 aliphatic carbocycles. The first-order valence-electron chi connectivity index (χ1n) is 7.58. The molecule has 7 heteroatoms. The van der Waals surface area contributed by atoms with Crippen LogP contribution < -0.4 is 15.2 Å². The van der Waals surface area contributed by atoms with Crippen molar-refractivity contribution in [1.29, 1.82) is 5.26 Å². The van der Waals surface area contributed by atoms with Crippen LogP contribution in [-0.4, -0.2) is 17.3 Å². The van der Waals surface area contributed by atoms with Crippen molar-refractivity contribution in [3.63, 3.8) is 0 Å². The molecule has 0 amide bonds. The number of methoxy groups -OCH3 is 1. The topological polar surface area (TPSA) is 97.0 Å². The fourth-order valence-electron chi connectivity index (χ4n) is 2.93. The van der Waals surface area contributed by atoms with Gasteiger partial charge in [-0.2, -0.15) is 5.26 Å². The molecule has 0 unspecified atom stereocenters. The van der Waals surface area contributed by atoms with Crippen LogP contribution in [-0.2, 0) is 6.42 Å². The summed E-state index contributed by atoms with van der Waals surface area (Å²) >= 11 is 0. The Morgan fingerprint density at radius 2 is 2.29 bits per heavy atom. The minimum atomic E-state index is -0.686. The molecule has 3 rings (SSSR count). The smallest absolute Gasteiger partial charge is 0.244 e. The highest BCUT2D eigenvalue weighted by Crippen LogP contribution is 2.44. The summed E-state index contributed by atoms with van der Waals surface area (Å²) in [6.45, 7) is 2.02. The average Bonchev–Trinajstić information content (AvgIpc) is 2.97. The number of nitrogens with one attached hydrogen (secondary N) is 1. The average molecular weight is 328 g/mol. The van der Waals surface area contributed by atoms with Crippen molar-refractivity contribution in [1.82, 2.24) is 10.2 Å². The number of H-pyrrole nitrogens is 1. The monoisotopic (exact) mass is 328 g/mol. The van der Waals surface area contributed by atoms with Crippen molar-refractivity contribution in [2.45, 2.75) is 25.7 Å². The Morgan fingerprint density at radius 3 is 2.96 bits per heavy atom. The van der Waals surface area contributed by atoms with E-state index in [9.17, 15) is 9.65 Å². The lowest BCUT2D eigenvalue weighted by Crippen LogP contribution is -2.22. The summed E-state index contributed by atoms with van der Waals surface area (Å²) < 4.78 is 25.2. The fraction of sp³-hybridized carbons (Fsp3) is 0.294. The first kappa shape index (κ1) is 15.9. The molecule has 2 aromatic rings. The number of nitriles is 1. The number of nitrogens with two attached hydrogens (primary N) is 1. The number of allylic oxidation sites excluding steroid dienone is 1. The zero-order chi connectivity index (χ0) is 17.3. The zero-order valence-corrected chi connectivity index (χ0v) is 13.4. The van der Waals surface area contributed by atoms with E-state index in [0.29, 0.717) is 23.3 Å². The van der Waals surface area contributed by atoms with Crippen LogP contribution in [0.15, 0.2) is 29.7 Å². The van der Waals surface area contributed by atoms with E-state index in [1.54, 1.807) is 6.07 Å². The van der Waals surface area contributed by atoms with Gasteiger partial charge in [-0.15, -0.1) is 5.10 Å². The van der Waals surface area contributed by atoms with Crippen molar-refractivity contribution in [3.8, 4) is 17.7 Å². The molecule has 1 atom stereocenters. The Balaban J connectivity index is 2.25. The molecule has 6 nitrogen and oxygen atoms in total. The van der Waals surface area contributed by atoms with Crippen molar-refractivity contribution in [2.75, 3.05) is 7.11 Å². The molecule has 0 spiro atoms. The Labute approximate surface area is 138 Å². The van der Waals surface area contributed by atoms with Gasteiger partial charge in [0.15, 0.2) is 0 Å². The molecule has 1 aromatic heterocycles. The second kappa shape index (κ2) is 6.24. The minimum Gasteiger partial charge on any atom is -0.497 e. The molecule has 0 fully saturated rings. The van der Waals surface area contributed by atoms with Crippen LogP contribution in [0.4, 0.5) is 4.39 Å². The van der Waals surface area contributed by atoms with Crippen LogP contribution in [0.2, 0.25) is 0 Å². The number of hydrogen-bond acceptors (Lipinski definition) is 5. The molecule has 0 radical (unpaired) electrons. The Morgan fingerprint density at radius 1 is 1.50 bits per heavy atom. The predicted molar refractivity (Wildman–Crippen MR) is 84.8 cm³/mol. The molecule has 1 aliphatic heterocycles. The molecule has 0 saturated heterocycles. The van der Waals surface area contributed by atoms with E-state index in [0.717, 1.165) is 12.1 Å². The highest BCUT2D eigenvalue weighted by atomic mass is 19.1. The van der Waals surface area contributed by atoms with Gasteiger partial charge < -0.3 is 15.2 Å². The molecule has 0 saturated carbocycles. The van der Waals surface area contributed by atoms with Crippen LogP contribution in [0, 0.1) is 17.1 Å². The van der Waals surface area contributed by atoms with Crippen molar-refractivity contribution >= 4 is 0 Å². The molecule has 124 valence electrons. The van der Waals surface area contributed by atoms with Crippen molar-refractivity contribution in [2.24, 2.45) is 5.73 Å². The Kier molecular flexibility index (Phi) is 4.13. The van der Waals surface area contributed by atoms with Gasteiger partial charge in [0, 0.05) is 11.3 Å². The van der Waals surface area contributed by atoms with Gasteiger partial charge in [0.2, 0.25) is 11.8 Å². The number of fused-ring (bicyclic) bond motifs is 1. The van der Waals surface area contributed by atoms with E-state index in [2.05, 4.69) is 10.2 Å². The summed E-state index contributed by atoms with van der Waals surface area (Å²) in [7, 11) is 1.50. The molecule has 1 aliphatic rings. The molecular formula is C17H17FN4O2. The maximum atomic E-state index is 14.5. The Bertz CT molecular complexity index is 851. The van der Waals surface area contributed by atoms with Gasteiger partial charge in [-0.25, -0.2) is 4.39 Å². The lowest BCUT2D eigenvalue weighted by atomic mass is 9.83. The molecule has 0 bridgehead atoms. The standard InChI is InChI=1S/C17H17FN4O2/c1-3-4-13-15-14(10-7-9(23-2)5-6-12(10)18)11(8-19)16(20)24-17(15)22-21-13/h5-7,14H,3-4,20H2,1-2H3,(H,21,22)/t14-/m0/s1. The van der Waals surface area contributed by atoms with E-state index in [1.165, 1.54) is 19.2 Å². The van der Waals surface area contributed by atoms with Crippen LogP contribution >= 0.6 is 0 Å². The molecule has 24 heavy (non-hydrogen) atoms. The number of halogens is 1. The third-order valence-corrected chi connectivity index (χ3v) is 4.03. The first-order valence-corrected chi connectivity index (χ1v) is 7.58. The predicted octanol–water partition coefficient (Wildman–Crippen LogP) is 2.73. The number of nitrogens with zero attached hydrogens (tertiary/aromatic N) is 2. The summed E-state index contributed by atoms with van der Waals surface area (Å²) in [5, 5.41) is 16.6. The summed E-state index contributed by atoms with van der Waals surface area (Å²) in [5.74, 6) is -0.420. The van der Waals surface area contributed by atoms with Crippen LogP contribution in [0.3, 0.4) is 0 Å². The molecule has 1 aromatic carbocycles. The van der Waals surface area contributed by atoms with Gasteiger partial charge in [-0.05, 0) is 24.6 Å². The third-order valence-electron chi connectivity index (χ3n) is 4.03. The van der Waals surface area contributed by atoms with E-state index >= 15 is 0 Å². The maximum absolute atomic E-state index is 14.5. The van der Waals surface area contributed by atoms with Crippen molar-refractivity contribution < 1.29 is 13.9 Å². The van der Waals surface area contributed by atoms with Gasteiger partial charge in [0.05, 0.1) is 18.6 Å². The van der Waals surface area contributed by atoms with E-state index in [1.807, 2.05) is 13.0 Å². The molecule has 3 N–H and O–H groups in total. The van der Waals surface area contributed by atoms with Crippen LogP contribution in [0.25, 0.3) is 0 Å². The summed E-state index contributed by atoms with van der Waals surface area (Å²) in [5.41, 5.74) is 7.78. The lowest BCUT2D eigenvalue weighted by molar-refractivity contribution is 0.377. The Hall–Kier alpha value is -3.01. The SMILES string of the molecule is CCCc1[nH]nc2c1[C@@H](c1cc(OC)ccc1F)C(C#N)=C(N)O2. The van der Waals surface area contributed by atoms with Gasteiger partial charge in [0.25, 0.3) is 0 Å². The minimum absolute atomic E-state index is 0.0632. The summed E-state index contributed by atoms with van der Waals surface area (Å²) in [6, 6.07) is 6.46. The molecule has 2 heterocycles. The highest BCUT2D eigenvalue weighted by molar-refractivity contribution is 5.56. The lowest BCUT2D eigenvalue weighted by Gasteiger charge is -2.24. The van der Waals surface area contributed by atoms with E-state index < -0.39 is 11.7 Å². The number of aromatic nitrogens is 2. The number of aromatic amines is 1. The van der Waals surface area contributed by atoms with Gasteiger partial charge in [-0.1, -0.05) is 13.3 Å². The number of benzene rings is 1. The van der Waals surface area contributed by atoms with Gasteiger partial charge >= 0.3 is 0 Å². The fourth-order valence-corrected chi connectivity index (χ4v) is 2.93. The number of rotatable bonds is 4. The van der Waals surface area contributed by atoms with Crippen molar-refractivity contribution in [3.05, 3.63) is 52.3 Å². The second-order valence-electron chi connectivity index (χ2n) is 5.48. The number of ether oxygens (including phenoxy) is 2. The number of hydrogen-bond donors (Lipinski definition) is 2. The van der Waals surface area contributed by atoms with Gasteiger partial charge in [-0.3, -0.25) is 5.10 Å². The summed E-state index contributed by atoms with van der Waals surface area (Å²) in [6.07, 6.45) is 1.56.